The molecule has 0 saturated heterocycles. The molecule has 0 unspecified atom stereocenters. The SMILES string of the molecule is CCCOc1ccccc1C(=O)N/N=C/c1ccc(C)cc1C. The molecule has 4 heteroatoms. The standard InChI is InChI=1S/C19H22N2O2/c1-4-11-23-18-8-6-5-7-17(18)19(22)21-20-13-16-10-9-14(2)12-15(16)3/h5-10,12-13H,4,11H2,1-3H3,(H,21,22)/b20-13+. The minimum absolute atomic E-state index is 0.280. The monoisotopic (exact) mass is 310 g/mol. The Labute approximate surface area is 137 Å². The summed E-state index contributed by atoms with van der Waals surface area (Å²) >= 11 is 0. The molecule has 0 aliphatic rings. The van der Waals surface area contributed by atoms with Crippen molar-refractivity contribution in [2.75, 3.05) is 6.61 Å². The molecule has 1 amide bonds. The number of ether oxygens (including phenoxy) is 1. The van der Waals surface area contributed by atoms with E-state index in [1.165, 1.54) is 5.56 Å². The highest BCUT2D eigenvalue weighted by atomic mass is 16.5. The summed E-state index contributed by atoms with van der Waals surface area (Å²) in [5, 5.41) is 4.05. The predicted octanol–water partition coefficient (Wildman–Crippen LogP) is 3.86. The lowest BCUT2D eigenvalue weighted by molar-refractivity contribution is 0.0951. The normalized spacial score (nSPS) is 10.7. The Hall–Kier alpha value is -2.62. The number of rotatable bonds is 6. The van der Waals surface area contributed by atoms with Gasteiger partial charge < -0.3 is 4.74 Å². The molecule has 0 radical (unpaired) electrons. The second-order valence-electron chi connectivity index (χ2n) is 5.40. The van der Waals surface area contributed by atoms with Crippen molar-refractivity contribution in [1.82, 2.24) is 5.43 Å². The van der Waals surface area contributed by atoms with Crippen LogP contribution in [-0.2, 0) is 0 Å². The number of nitrogens with one attached hydrogen (secondary N) is 1. The van der Waals surface area contributed by atoms with E-state index in [9.17, 15) is 4.79 Å². The molecule has 120 valence electrons. The van der Waals surface area contributed by atoms with Crippen molar-refractivity contribution in [3.8, 4) is 5.75 Å². The predicted molar refractivity (Wildman–Crippen MR) is 93.2 cm³/mol. The number of carbonyl (C=O) groups excluding carboxylic acids is 1. The highest BCUT2D eigenvalue weighted by molar-refractivity contribution is 5.97. The van der Waals surface area contributed by atoms with Gasteiger partial charge in [0.15, 0.2) is 0 Å². The van der Waals surface area contributed by atoms with Gasteiger partial charge >= 0.3 is 0 Å². The first-order chi connectivity index (χ1) is 11.1. The summed E-state index contributed by atoms with van der Waals surface area (Å²) < 4.78 is 5.59. The number of benzene rings is 2. The fraction of sp³-hybridized carbons (Fsp3) is 0.263. The van der Waals surface area contributed by atoms with Crippen LogP contribution in [-0.4, -0.2) is 18.7 Å². The van der Waals surface area contributed by atoms with Gasteiger partial charge in [-0.1, -0.05) is 42.8 Å². The van der Waals surface area contributed by atoms with Gasteiger partial charge in [0.1, 0.15) is 5.75 Å². The summed E-state index contributed by atoms with van der Waals surface area (Å²) in [4.78, 5) is 12.3. The van der Waals surface area contributed by atoms with Crippen LogP contribution in [0.3, 0.4) is 0 Å². The van der Waals surface area contributed by atoms with Gasteiger partial charge in [0.2, 0.25) is 0 Å². The Morgan fingerprint density at radius 2 is 2.00 bits per heavy atom. The molecule has 4 nitrogen and oxygen atoms in total. The molecule has 0 fully saturated rings. The molecular formula is C19H22N2O2. The van der Waals surface area contributed by atoms with Crippen LogP contribution in [0.15, 0.2) is 47.6 Å². The van der Waals surface area contributed by atoms with Crippen molar-refractivity contribution in [3.05, 3.63) is 64.7 Å². The lowest BCUT2D eigenvalue weighted by Crippen LogP contribution is -2.19. The fourth-order valence-corrected chi connectivity index (χ4v) is 2.18. The molecular weight excluding hydrogens is 288 g/mol. The van der Waals surface area contributed by atoms with Crippen LogP contribution < -0.4 is 10.2 Å². The van der Waals surface area contributed by atoms with Crippen LogP contribution in [0, 0.1) is 13.8 Å². The molecule has 0 heterocycles. The summed E-state index contributed by atoms with van der Waals surface area (Å²) in [5.41, 5.74) is 6.34. The van der Waals surface area contributed by atoms with Crippen LogP contribution in [0.25, 0.3) is 0 Å². The summed E-state index contributed by atoms with van der Waals surface area (Å²) in [6.45, 7) is 6.67. The van der Waals surface area contributed by atoms with E-state index in [1.54, 1.807) is 18.3 Å². The summed E-state index contributed by atoms with van der Waals surface area (Å²) in [7, 11) is 0. The maximum atomic E-state index is 12.3. The summed E-state index contributed by atoms with van der Waals surface area (Å²) in [5.74, 6) is 0.297. The average molecular weight is 310 g/mol. The van der Waals surface area contributed by atoms with Gasteiger partial charge in [0, 0.05) is 0 Å². The van der Waals surface area contributed by atoms with E-state index in [0.29, 0.717) is 17.9 Å². The molecule has 0 aliphatic heterocycles. The first-order valence-corrected chi connectivity index (χ1v) is 7.74. The second-order valence-corrected chi connectivity index (χ2v) is 5.40. The van der Waals surface area contributed by atoms with Crippen molar-refractivity contribution >= 4 is 12.1 Å². The van der Waals surface area contributed by atoms with Gasteiger partial charge in [0.05, 0.1) is 18.4 Å². The molecule has 0 spiro atoms. The van der Waals surface area contributed by atoms with E-state index in [-0.39, 0.29) is 5.91 Å². The van der Waals surface area contributed by atoms with Crippen LogP contribution in [0.2, 0.25) is 0 Å². The number of carbonyl (C=O) groups is 1. The number of hydrazone groups is 1. The number of amides is 1. The Bertz CT molecular complexity index is 708. The van der Waals surface area contributed by atoms with Crippen molar-refractivity contribution in [2.24, 2.45) is 5.10 Å². The molecule has 0 aliphatic carbocycles. The Balaban J connectivity index is 2.06. The molecule has 0 bridgehead atoms. The van der Waals surface area contributed by atoms with Crippen LogP contribution >= 0.6 is 0 Å². The van der Waals surface area contributed by atoms with Crippen LogP contribution in [0.4, 0.5) is 0 Å². The van der Waals surface area contributed by atoms with Gasteiger partial charge in [-0.2, -0.15) is 5.10 Å². The zero-order valence-electron chi connectivity index (χ0n) is 13.8. The first kappa shape index (κ1) is 16.7. The fourth-order valence-electron chi connectivity index (χ4n) is 2.18. The molecule has 0 saturated carbocycles. The molecule has 1 N–H and O–H groups in total. The molecule has 2 rings (SSSR count). The minimum atomic E-state index is -0.280. The summed E-state index contributed by atoms with van der Waals surface area (Å²) in [6, 6.07) is 13.3. The Morgan fingerprint density at radius 3 is 2.74 bits per heavy atom. The number of hydrogen-bond donors (Lipinski definition) is 1. The lowest BCUT2D eigenvalue weighted by atomic mass is 10.1. The molecule has 0 atom stereocenters. The Kier molecular flexibility index (Phi) is 5.92. The van der Waals surface area contributed by atoms with E-state index in [2.05, 4.69) is 16.6 Å². The molecule has 2 aromatic carbocycles. The number of hydrogen-bond acceptors (Lipinski definition) is 3. The van der Waals surface area contributed by atoms with Crippen LogP contribution in [0.5, 0.6) is 5.75 Å². The molecule has 2 aromatic rings. The van der Waals surface area contributed by atoms with E-state index >= 15 is 0 Å². The Morgan fingerprint density at radius 1 is 1.22 bits per heavy atom. The van der Waals surface area contributed by atoms with E-state index < -0.39 is 0 Å². The highest BCUT2D eigenvalue weighted by Gasteiger charge is 2.10. The average Bonchev–Trinajstić information content (AvgIpc) is 2.55. The van der Waals surface area contributed by atoms with Gasteiger partial charge in [-0.3, -0.25) is 4.79 Å². The van der Waals surface area contributed by atoms with Crippen molar-refractivity contribution < 1.29 is 9.53 Å². The lowest BCUT2D eigenvalue weighted by Gasteiger charge is -2.09. The third kappa shape index (κ3) is 4.68. The third-order valence-electron chi connectivity index (χ3n) is 3.39. The zero-order chi connectivity index (χ0) is 16.7. The van der Waals surface area contributed by atoms with Gasteiger partial charge in [-0.05, 0) is 43.5 Å². The number of nitrogens with zero attached hydrogens (tertiary/aromatic N) is 1. The smallest absolute Gasteiger partial charge is 0.275 e. The third-order valence-corrected chi connectivity index (χ3v) is 3.39. The van der Waals surface area contributed by atoms with Gasteiger partial charge in [0.25, 0.3) is 5.91 Å². The second kappa shape index (κ2) is 8.13. The van der Waals surface area contributed by atoms with Crippen molar-refractivity contribution in [1.29, 1.82) is 0 Å². The zero-order valence-corrected chi connectivity index (χ0v) is 13.8. The quantitative estimate of drug-likeness (QED) is 0.650. The minimum Gasteiger partial charge on any atom is -0.493 e. The van der Waals surface area contributed by atoms with E-state index in [0.717, 1.165) is 17.5 Å². The number of para-hydroxylation sites is 1. The maximum Gasteiger partial charge on any atom is 0.275 e. The van der Waals surface area contributed by atoms with E-state index in [4.69, 9.17) is 4.74 Å². The molecule has 0 aromatic heterocycles. The highest BCUT2D eigenvalue weighted by Crippen LogP contribution is 2.18. The first-order valence-electron chi connectivity index (χ1n) is 7.74. The number of aryl methyl sites for hydroxylation is 2. The van der Waals surface area contributed by atoms with Crippen molar-refractivity contribution in [3.63, 3.8) is 0 Å². The summed E-state index contributed by atoms with van der Waals surface area (Å²) in [6.07, 6.45) is 2.54. The molecule has 23 heavy (non-hydrogen) atoms. The largest absolute Gasteiger partial charge is 0.493 e. The van der Waals surface area contributed by atoms with Gasteiger partial charge in [-0.15, -0.1) is 0 Å². The van der Waals surface area contributed by atoms with Crippen molar-refractivity contribution in [2.45, 2.75) is 27.2 Å². The topological polar surface area (TPSA) is 50.7 Å². The maximum absolute atomic E-state index is 12.3. The van der Waals surface area contributed by atoms with E-state index in [1.807, 2.05) is 45.0 Å². The van der Waals surface area contributed by atoms with Crippen LogP contribution in [0.1, 0.15) is 40.4 Å². The van der Waals surface area contributed by atoms with Gasteiger partial charge in [-0.25, -0.2) is 5.43 Å².